The molecule has 4 nitrogen and oxygen atoms in total. The summed E-state index contributed by atoms with van der Waals surface area (Å²) in [5, 5.41) is 12.3. The van der Waals surface area contributed by atoms with Crippen molar-refractivity contribution < 1.29 is 9.50 Å². The van der Waals surface area contributed by atoms with Gasteiger partial charge in [-0.3, -0.25) is 0 Å². The van der Waals surface area contributed by atoms with E-state index in [2.05, 4.69) is 15.3 Å². The maximum absolute atomic E-state index is 13.1. The van der Waals surface area contributed by atoms with Crippen LogP contribution < -0.4 is 5.32 Å². The van der Waals surface area contributed by atoms with Crippen LogP contribution in [0.1, 0.15) is 17.8 Å². The van der Waals surface area contributed by atoms with Gasteiger partial charge in [-0.15, -0.1) is 0 Å². The highest BCUT2D eigenvalue weighted by atomic mass is 19.1. The van der Waals surface area contributed by atoms with Crippen LogP contribution in [0.2, 0.25) is 0 Å². The third kappa shape index (κ3) is 3.56. The number of aromatic nitrogens is 2. The number of H-pyrrole nitrogens is 1. The van der Waals surface area contributed by atoms with Crippen LogP contribution in [-0.2, 0) is 13.0 Å². The van der Waals surface area contributed by atoms with Crippen molar-refractivity contribution in [3.63, 3.8) is 0 Å². The molecule has 0 saturated heterocycles. The fraction of sp³-hybridized carbons (Fsp3) is 0.308. The highest BCUT2D eigenvalue weighted by molar-refractivity contribution is 5.27. The summed E-state index contributed by atoms with van der Waals surface area (Å²) < 4.78 is 13.1. The number of phenolic OH excluding ortho intramolecular Hbond substituents is 1. The second kappa shape index (κ2) is 6.16. The average Bonchev–Trinajstić information content (AvgIpc) is 2.86. The fourth-order valence-corrected chi connectivity index (χ4v) is 1.71. The Morgan fingerprint density at radius 2 is 2.28 bits per heavy atom. The van der Waals surface area contributed by atoms with E-state index in [4.69, 9.17) is 5.11 Å². The maximum Gasteiger partial charge on any atom is 0.165 e. The van der Waals surface area contributed by atoms with E-state index >= 15 is 0 Å². The van der Waals surface area contributed by atoms with Crippen LogP contribution in [0, 0.1) is 5.82 Å². The molecule has 0 spiro atoms. The standard InChI is InChI=1S/C13H16FN3O/c14-11-8-10(3-4-12(11)18)9-15-5-1-2-13-16-6-7-17-13/h3-4,6-8,15,18H,1-2,5,9H2,(H,16,17). The monoisotopic (exact) mass is 249 g/mol. The number of hydrogen-bond donors (Lipinski definition) is 3. The first-order chi connectivity index (χ1) is 8.75. The van der Waals surface area contributed by atoms with Crippen LogP contribution in [0.25, 0.3) is 0 Å². The van der Waals surface area contributed by atoms with Gasteiger partial charge >= 0.3 is 0 Å². The summed E-state index contributed by atoms with van der Waals surface area (Å²) >= 11 is 0. The summed E-state index contributed by atoms with van der Waals surface area (Å²) in [7, 11) is 0. The molecule has 0 radical (unpaired) electrons. The number of aromatic amines is 1. The molecule has 1 heterocycles. The quantitative estimate of drug-likeness (QED) is 0.686. The molecule has 0 fully saturated rings. The first-order valence-electron chi connectivity index (χ1n) is 5.92. The SMILES string of the molecule is Oc1ccc(CNCCCc2ncc[nH]2)cc1F. The summed E-state index contributed by atoms with van der Waals surface area (Å²) in [4.78, 5) is 7.18. The van der Waals surface area contributed by atoms with Gasteiger partial charge in [-0.1, -0.05) is 6.07 Å². The van der Waals surface area contributed by atoms with Crippen molar-refractivity contribution in [3.8, 4) is 5.75 Å². The number of rotatable bonds is 6. The molecule has 0 atom stereocenters. The number of nitrogens with zero attached hydrogens (tertiary/aromatic N) is 1. The highest BCUT2D eigenvalue weighted by Gasteiger charge is 2.01. The molecule has 1 aromatic heterocycles. The van der Waals surface area contributed by atoms with E-state index in [9.17, 15) is 4.39 Å². The van der Waals surface area contributed by atoms with E-state index < -0.39 is 5.82 Å². The van der Waals surface area contributed by atoms with Crippen molar-refractivity contribution in [2.24, 2.45) is 0 Å². The second-order valence-corrected chi connectivity index (χ2v) is 4.10. The Morgan fingerprint density at radius 3 is 3.00 bits per heavy atom. The van der Waals surface area contributed by atoms with Gasteiger partial charge in [0.25, 0.3) is 0 Å². The van der Waals surface area contributed by atoms with Gasteiger partial charge in [-0.2, -0.15) is 0 Å². The normalized spacial score (nSPS) is 10.7. The van der Waals surface area contributed by atoms with Crippen molar-refractivity contribution in [1.29, 1.82) is 0 Å². The van der Waals surface area contributed by atoms with E-state index in [0.717, 1.165) is 30.8 Å². The van der Waals surface area contributed by atoms with Crippen LogP contribution in [0.4, 0.5) is 4.39 Å². The van der Waals surface area contributed by atoms with Gasteiger partial charge < -0.3 is 15.4 Å². The van der Waals surface area contributed by atoms with Crippen LogP contribution in [0.5, 0.6) is 5.75 Å². The first kappa shape index (κ1) is 12.6. The summed E-state index contributed by atoms with van der Waals surface area (Å²) in [5.74, 6) is 0.0916. The smallest absolute Gasteiger partial charge is 0.165 e. The third-order valence-electron chi connectivity index (χ3n) is 2.66. The molecule has 0 aliphatic carbocycles. The van der Waals surface area contributed by atoms with E-state index in [1.165, 1.54) is 12.1 Å². The molecule has 2 rings (SSSR count). The summed E-state index contributed by atoms with van der Waals surface area (Å²) in [6.07, 6.45) is 5.40. The van der Waals surface area contributed by atoms with Crippen LogP contribution in [0.3, 0.4) is 0 Å². The van der Waals surface area contributed by atoms with Crippen molar-refractivity contribution >= 4 is 0 Å². The van der Waals surface area contributed by atoms with E-state index in [0.29, 0.717) is 6.54 Å². The second-order valence-electron chi connectivity index (χ2n) is 4.10. The Kier molecular flexibility index (Phi) is 4.30. The van der Waals surface area contributed by atoms with Gasteiger partial charge in [0.15, 0.2) is 11.6 Å². The van der Waals surface area contributed by atoms with Crippen molar-refractivity contribution in [1.82, 2.24) is 15.3 Å². The summed E-state index contributed by atoms with van der Waals surface area (Å²) in [6, 6.07) is 4.42. The fourth-order valence-electron chi connectivity index (χ4n) is 1.71. The number of aromatic hydroxyl groups is 1. The van der Waals surface area contributed by atoms with Gasteiger partial charge in [0.1, 0.15) is 5.82 Å². The molecule has 2 aromatic rings. The van der Waals surface area contributed by atoms with Gasteiger partial charge in [0, 0.05) is 25.4 Å². The maximum atomic E-state index is 13.1. The number of hydrogen-bond acceptors (Lipinski definition) is 3. The molecule has 0 unspecified atom stereocenters. The van der Waals surface area contributed by atoms with E-state index in [1.807, 2.05) is 6.20 Å². The zero-order valence-electron chi connectivity index (χ0n) is 9.99. The first-order valence-corrected chi connectivity index (χ1v) is 5.92. The van der Waals surface area contributed by atoms with Crippen LogP contribution >= 0.6 is 0 Å². The predicted molar refractivity (Wildman–Crippen MR) is 66.7 cm³/mol. The minimum atomic E-state index is -0.579. The highest BCUT2D eigenvalue weighted by Crippen LogP contribution is 2.15. The summed E-state index contributed by atoms with van der Waals surface area (Å²) in [5.41, 5.74) is 0.822. The van der Waals surface area contributed by atoms with Crippen molar-refractivity contribution in [3.05, 3.63) is 47.8 Å². The van der Waals surface area contributed by atoms with Gasteiger partial charge in [0.05, 0.1) is 0 Å². The van der Waals surface area contributed by atoms with Crippen LogP contribution in [-0.4, -0.2) is 21.6 Å². The number of benzene rings is 1. The largest absolute Gasteiger partial charge is 0.505 e. The Labute approximate surface area is 105 Å². The molecule has 96 valence electrons. The van der Waals surface area contributed by atoms with Gasteiger partial charge in [-0.25, -0.2) is 9.37 Å². The average molecular weight is 249 g/mol. The third-order valence-corrected chi connectivity index (χ3v) is 2.66. The molecule has 0 bridgehead atoms. The molecular weight excluding hydrogens is 233 g/mol. The molecular formula is C13H16FN3O. The molecule has 0 amide bonds. The molecule has 3 N–H and O–H groups in total. The molecule has 5 heteroatoms. The molecule has 0 aliphatic heterocycles. The van der Waals surface area contributed by atoms with Crippen LogP contribution in [0.15, 0.2) is 30.6 Å². The number of phenols is 1. The number of imidazole rings is 1. The van der Waals surface area contributed by atoms with Gasteiger partial charge in [-0.05, 0) is 30.7 Å². The Bertz CT molecular complexity index is 485. The molecule has 0 aliphatic rings. The van der Waals surface area contributed by atoms with E-state index in [-0.39, 0.29) is 5.75 Å². The van der Waals surface area contributed by atoms with E-state index in [1.54, 1.807) is 12.3 Å². The molecule has 1 aromatic carbocycles. The zero-order valence-corrected chi connectivity index (χ0v) is 9.99. The lowest BCUT2D eigenvalue weighted by Gasteiger charge is -2.05. The lowest BCUT2D eigenvalue weighted by Crippen LogP contribution is -2.15. The number of halogens is 1. The van der Waals surface area contributed by atoms with Crippen molar-refractivity contribution in [2.75, 3.05) is 6.54 Å². The number of nitrogens with one attached hydrogen (secondary N) is 2. The zero-order chi connectivity index (χ0) is 12.8. The lowest BCUT2D eigenvalue weighted by atomic mass is 10.2. The van der Waals surface area contributed by atoms with Crippen molar-refractivity contribution in [2.45, 2.75) is 19.4 Å². The summed E-state index contributed by atoms with van der Waals surface area (Å²) in [6.45, 7) is 1.43. The predicted octanol–water partition coefficient (Wildman–Crippen LogP) is 1.98. The molecule has 18 heavy (non-hydrogen) atoms. The minimum Gasteiger partial charge on any atom is -0.505 e. The Morgan fingerprint density at radius 1 is 1.39 bits per heavy atom. The van der Waals surface area contributed by atoms with Gasteiger partial charge in [0.2, 0.25) is 0 Å². The topological polar surface area (TPSA) is 60.9 Å². The molecule has 0 saturated carbocycles. The Balaban J connectivity index is 1.67. The Hall–Kier alpha value is -1.88. The lowest BCUT2D eigenvalue weighted by molar-refractivity contribution is 0.431. The minimum absolute atomic E-state index is 0.309. The number of aryl methyl sites for hydroxylation is 1.